The van der Waals surface area contributed by atoms with Gasteiger partial charge in [-0.15, -0.1) is 11.3 Å². The molecule has 1 atom stereocenters. The summed E-state index contributed by atoms with van der Waals surface area (Å²) in [4.78, 5) is 1.26. The molecular weight excluding hydrogens is 313 g/mol. The Balaban J connectivity index is 2.48. The van der Waals surface area contributed by atoms with Gasteiger partial charge in [0.2, 0.25) is 0 Å². The maximum Gasteiger partial charge on any atom is 0.137 e. The van der Waals surface area contributed by atoms with Crippen molar-refractivity contribution < 1.29 is 4.39 Å². The molecule has 18 heavy (non-hydrogen) atoms. The Hall–Kier alpha value is -0.710. The smallest absolute Gasteiger partial charge is 0.137 e. The zero-order valence-electron chi connectivity index (χ0n) is 10.3. The molecule has 1 aromatic heterocycles. The van der Waals surface area contributed by atoms with Crippen molar-refractivity contribution in [2.24, 2.45) is 0 Å². The van der Waals surface area contributed by atoms with Crippen molar-refractivity contribution in [1.29, 1.82) is 0 Å². The molecule has 0 saturated carbocycles. The van der Waals surface area contributed by atoms with Crippen molar-refractivity contribution in [2.45, 2.75) is 19.9 Å². The molecule has 0 fully saturated rings. The second-order valence-corrected chi connectivity index (χ2v) is 5.98. The van der Waals surface area contributed by atoms with Gasteiger partial charge in [0.1, 0.15) is 5.82 Å². The SMILES string of the molecule is CCNC(c1ccsc1C)c1cccc(F)c1Br. The number of benzene rings is 1. The lowest BCUT2D eigenvalue weighted by Gasteiger charge is -2.20. The van der Waals surface area contributed by atoms with Crippen LogP contribution in [0, 0.1) is 12.7 Å². The van der Waals surface area contributed by atoms with E-state index in [4.69, 9.17) is 0 Å². The monoisotopic (exact) mass is 327 g/mol. The van der Waals surface area contributed by atoms with Crippen LogP contribution < -0.4 is 5.32 Å². The normalized spacial score (nSPS) is 12.7. The number of hydrogen-bond acceptors (Lipinski definition) is 2. The van der Waals surface area contributed by atoms with Gasteiger partial charge in [-0.25, -0.2) is 4.39 Å². The summed E-state index contributed by atoms with van der Waals surface area (Å²) in [7, 11) is 0. The number of nitrogens with one attached hydrogen (secondary N) is 1. The molecule has 2 aromatic rings. The van der Waals surface area contributed by atoms with Crippen LogP contribution in [0.3, 0.4) is 0 Å². The zero-order valence-corrected chi connectivity index (χ0v) is 12.7. The highest BCUT2D eigenvalue weighted by Gasteiger charge is 2.19. The third kappa shape index (κ3) is 2.66. The standard InChI is InChI=1S/C14H15BrFNS/c1-3-17-14(10-7-8-18-9(10)2)11-5-4-6-12(16)13(11)15/h4-8,14,17H,3H2,1-2H3. The van der Waals surface area contributed by atoms with Crippen molar-refractivity contribution >= 4 is 27.3 Å². The number of hydrogen-bond donors (Lipinski definition) is 1. The van der Waals surface area contributed by atoms with E-state index >= 15 is 0 Å². The minimum atomic E-state index is -0.219. The highest BCUT2D eigenvalue weighted by Crippen LogP contribution is 2.33. The second-order valence-electron chi connectivity index (χ2n) is 4.07. The van der Waals surface area contributed by atoms with Gasteiger partial charge in [0, 0.05) is 4.88 Å². The molecule has 0 radical (unpaired) electrons. The third-order valence-corrected chi connectivity index (χ3v) is 4.61. The van der Waals surface area contributed by atoms with Crippen LogP contribution in [0.1, 0.15) is 29.0 Å². The average molecular weight is 328 g/mol. The lowest BCUT2D eigenvalue weighted by atomic mass is 9.99. The van der Waals surface area contributed by atoms with Gasteiger partial charge < -0.3 is 5.32 Å². The van der Waals surface area contributed by atoms with Gasteiger partial charge in [-0.2, -0.15) is 0 Å². The molecule has 0 amide bonds. The van der Waals surface area contributed by atoms with E-state index in [-0.39, 0.29) is 11.9 Å². The summed E-state index contributed by atoms with van der Waals surface area (Å²) < 4.78 is 14.2. The van der Waals surface area contributed by atoms with Crippen molar-refractivity contribution in [1.82, 2.24) is 5.32 Å². The van der Waals surface area contributed by atoms with Gasteiger partial charge in [-0.05, 0) is 58.0 Å². The Bertz CT molecular complexity index is 538. The first-order valence-corrected chi connectivity index (χ1v) is 7.53. The number of halogens is 2. The summed E-state index contributed by atoms with van der Waals surface area (Å²) in [5.41, 5.74) is 2.16. The van der Waals surface area contributed by atoms with Gasteiger partial charge >= 0.3 is 0 Å². The molecule has 1 nitrogen and oxygen atoms in total. The Morgan fingerprint density at radius 1 is 1.33 bits per heavy atom. The molecule has 0 spiro atoms. The van der Waals surface area contributed by atoms with Crippen LogP contribution in [0.2, 0.25) is 0 Å². The zero-order chi connectivity index (χ0) is 13.1. The van der Waals surface area contributed by atoms with E-state index in [1.54, 1.807) is 17.4 Å². The number of rotatable bonds is 4. The molecule has 4 heteroatoms. The van der Waals surface area contributed by atoms with Crippen molar-refractivity contribution in [3.05, 3.63) is 55.9 Å². The molecule has 1 unspecified atom stereocenters. The van der Waals surface area contributed by atoms with E-state index in [2.05, 4.69) is 46.5 Å². The lowest BCUT2D eigenvalue weighted by molar-refractivity contribution is 0.595. The minimum Gasteiger partial charge on any atom is -0.306 e. The quantitative estimate of drug-likeness (QED) is 0.861. The van der Waals surface area contributed by atoms with E-state index in [0.29, 0.717) is 4.47 Å². The molecule has 1 N–H and O–H groups in total. The van der Waals surface area contributed by atoms with Crippen LogP contribution >= 0.6 is 27.3 Å². The van der Waals surface area contributed by atoms with E-state index in [1.807, 2.05) is 6.07 Å². The Labute approximate surface area is 119 Å². The molecule has 96 valence electrons. The molecule has 0 bridgehead atoms. The highest BCUT2D eigenvalue weighted by molar-refractivity contribution is 9.10. The molecule has 1 heterocycles. The predicted molar refractivity (Wildman–Crippen MR) is 78.7 cm³/mol. The summed E-state index contributed by atoms with van der Waals surface area (Å²) >= 11 is 5.06. The Morgan fingerprint density at radius 2 is 2.11 bits per heavy atom. The molecule has 0 aliphatic rings. The maximum atomic E-state index is 13.6. The summed E-state index contributed by atoms with van der Waals surface area (Å²) in [6, 6.07) is 7.31. The largest absolute Gasteiger partial charge is 0.306 e. The van der Waals surface area contributed by atoms with Crippen LogP contribution in [0.15, 0.2) is 34.1 Å². The number of aryl methyl sites for hydroxylation is 1. The summed E-state index contributed by atoms with van der Waals surface area (Å²) in [5.74, 6) is -0.219. The van der Waals surface area contributed by atoms with Crippen LogP contribution in [-0.4, -0.2) is 6.54 Å². The van der Waals surface area contributed by atoms with Gasteiger partial charge in [-0.1, -0.05) is 19.1 Å². The number of thiophene rings is 1. The second kappa shape index (κ2) is 5.95. The van der Waals surface area contributed by atoms with Crippen molar-refractivity contribution in [3.8, 4) is 0 Å². The maximum absolute atomic E-state index is 13.6. The van der Waals surface area contributed by atoms with Crippen LogP contribution in [0.25, 0.3) is 0 Å². The summed E-state index contributed by atoms with van der Waals surface area (Å²) in [5, 5.41) is 5.49. The predicted octanol–water partition coefficient (Wildman–Crippen LogP) is 4.66. The fourth-order valence-electron chi connectivity index (χ4n) is 2.03. The summed E-state index contributed by atoms with van der Waals surface area (Å²) in [6.07, 6.45) is 0. The van der Waals surface area contributed by atoms with E-state index < -0.39 is 0 Å². The molecule has 2 rings (SSSR count). The van der Waals surface area contributed by atoms with E-state index in [9.17, 15) is 4.39 Å². The first-order valence-electron chi connectivity index (χ1n) is 5.86. The lowest BCUT2D eigenvalue weighted by Crippen LogP contribution is -2.22. The van der Waals surface area contributed by atoms with Crippen molar-refractivity contribution in [2.75, 3.05) is 6.54 Å². The molecule has 0 aliphatic heterocycles. The first kappa shape index (κ1) is 13.7. The Morgan fingerprint density at radius 3 is 2.72 bits per heavy atom. The van der Waals surface area contributed by atoms with Gasteiger partial charge in [0.05, 0.1) is 10.5 Å². The van der Waals surface area contributed by atoms with Gasteiger partial charge in [0.15, 0.2) is 0 Å². The van der Waals surface area contributed by atoms with Crippen LogP contribution in [0.5, 0.6) is 0 Å². The molecule has 0 saturated heterocycles. The topological polar surface area (TPSA) is 12.0 Å². The van der Waals surface area contributed by atoms with Crippen LogP contribution in [0.4, 0.5) is 4.39 Å². The van der Waals surface area contributed by atoms with Crippen LogP contribution in [-0.2, 0) is 0 Å². The van der Waals surface area contributed by atoms with Gasteiger partial charge in [0.25, 0.3) is 0 Å². The Kier molecular flexibility index (Phi) is 4.54. The highest BCUT2D eigenvalue weighted by atomic mass is 79.9. The first-order chi connectivity index (χ1) is 8.65. The third-order valence-electron chi connectivity index (χ3n) is 2.91. The fourth-order valence-corrected chi connectivity index (χ4v) is 3.26. The van der Waals surface area contributed by atoms with Gasteiger partial charge in [-0.3, -0.25) is 0 Å². The summed E-state index contributed by atoms with van der Waals surface area (Å²) in [6.45, 7) is 4.99. The fraction of sp³-hybridized carbons (Fsp3) is 0.286. The van der Waals surface area contributed by atoms with E-state index in [1.165, 1.54) is 16.5 Å². The molecular formula is C14H15BrFNS. The minimum absolute atomic E-state index is 0.0336. The van der Waals surface area contributed by atoms with Crippen molar-refractivity contribution in [3.63, 3.8) is 0 Å². The molecule has 1 aromatic carbocycles. The average Bonchev–Trinajstić information content (AvgIpc) is 2.76. The molecule has 0 aliphatic carbocycles. The van der Waals surface area contributed by atoms with E-state index in [0.717, 1.165) is 12.1 Å².